The number of amides is 2. The third kappa shape index (κ3) is 4.73. The van der Waals surface area contributed by atoms with Crippen molar-refractivity contribution in [3.8, 4) is 0 Å². The van der Waals surface area contributed by atoms with Crippen molar-refractivity contribution in [1.29, 1.82) is 0 Å². The van der Waals surface area contributed by atoms with E-state index in [2.05, 4.69) is 43.3 Å². The van der Waals surface area contributed by atoms with E-state index in [4.69, 9.17) is 0 Å². The molecular formula is C24H27NO2. The van der Waals surface area contributed by atoms with Crippen molar-refractivity contribution in [2.24, 2.45) is 0 Å². The number of nitrogens with zero attached hydrogens (tertiary/aromatic N) is 1. The van der Waals surface area contributed by atoms with E-state index >= 15 is 0 Å². The number of benzene rings is 2. The van der Waals surface area contributed by atoms with Crippen LogP contribution in [0.5, 0.6) is 0 Å². The molecule has 3 heteroatoms. The quantitative estimate of drug-likeness (QED) is 0.436. The number of carbonyl (C=O) groups excluding carboxylic acids is 2. The molecule has 0 saturated carbocycles. The number of aryl methyl sites for hydroxylation is 1. The Labute approximate surface area is 161 Å². The van der Waals surface area contributed by atoms with Crippen LogP contribution in [0.2, 0.25) is 0 Å². The van der Waals surface area contributed by atoms with Crippen molar-refractivity contribution in [3.63, 3.8) is 0 Å². The van der Waals surface area contributed by atoms with E-state index in [0.29, 0.717) is 17.7 Å². The van der Waals surface area contributed by atoms with E-state index in [1.165, 1.54) is 35.3 Å². The summed E-state index contributed by atoms with van der Waals surface area (Å²) in [5.74, 6) is -0.335. The summed E-state index contributed by atoms with van der Waals surface area (Å²) in [4.78, 5) is 26.2. The van der Waals surface area contributed by atoms with Crippen LogP contribution in [0.15, 0.2) is 54.6 Å². The smallest absolute Gasteiger partial charge is 0.261 e. The van der Waals surface area contributed by atoms with Gasteiger partial charge in [0.2, 0.25) is 0 Å². The molecule has 1 heterocycles. The maximum Gasteiger partial charge on any atom is 0.261 e. The predicted molar refractivity (Wildman–Crippen MR) is 110 cm³/mol. The SMILES string of the molecule is CCCCC/C=C/c1cccc(CCCN2C(=O)c3ccccc3C2=O)c1. The van der Waals surface area contributed by atoms with Crippen LogP contribution >= 0.6 is 0 Å². The van der Waals surface area contributed by atoms with Crippen molar-refractivity contribution in [2.75, 3.05) is 6.54 Å². The minimum atomic E-state index is -0.167. The fourth-order valence-corrected chi connectivity index (χ4v) is 3.47. The van der Waals surface area contributed by atoms with Gasteiger partial charge in [-0.1, -0.05) is 68.3 Å². The molecule has 3 rings (SSSR count). The predicted octanol–water partition coefficient (Wildman–Crippen LogP) is 5.51. The molecule has 0 aromatic heterocycles. The van der Waals surface area contributed by atoms with Gasteiger partial charge in [0.1, 0.15) is 0 Å². The standard InChI is InChI=1S/C24H27NO2/c1-2-3-4-5-6-11-19-12-9-13-20(18-19)14-10-17-25-23(26)21-15-7-8-16-22(21)24(25)27/h6-9,11-13,15-16,18H,2-5,10,14,17H2,1H3/b11-6+. The zero-order valence-corrected chi connectivity index (χ0v) is 16.0. The third-order valence-corrected chi connectivity index (χ3v) is 4.96. The van der Waals surface area contributed by atoms with Crippen LogP contribution in [-0.2, 0) is 6.42 Å². The molecule has 0 aliphatic carbocycles. The van der Waals surface area contributed by atoms with Crippen LogP contribution in [-0.4, -0.2) is 23.3 Å². The van der Waals surface area contributed by atoms with Gasteiger partial charge < -0.3 is 0 Å². The van der Waals surface area contributed by atoms with Crippen molar-refractivity contribution in [1.82, 2.24) is 4.90 Å². The first-order valence-electron chi connectivity index (χ1n) is 9.91. The van der Waals surface area contributed by atoms with E-state index < -0.39 is 0 Å². The molecule has 1 aliphatic heterocycles. The van der Waals surface area contributed by atoms with Crippen LogP contribution in [0.25, 0.3) is 6.08 Å². The third-order valence-electron chi connectivity index (χ3n) is 4.96. The fourth-order valence-electron chi connectivity index (χ4n) is 3.47. The molecule has 140 valence electrons. The highest BCUT2D eigenvalue weighted by Gasteiger charge is 2.34. The molecule has 0 fully saturated rings. The fraction of sp³-hybridized carbons (Fsp3) is 0.333. The van der Waals surface area contributed by atoms with Crippen molar-refractivity contribution in [3.05, 3.63) is 76.9 Å². The van der Waals surface area contributed by atoms with Gasteiger partial charge in [-0.2, -0.15) is 0 Å². The molecule has 0 saturated heterocycles. The normalized spacial score (nSPS) is 13.6. The minimum absolute atomic E-state index is 0.167. The summed E-state index contributed by atoms with van der Waals surface area (Å²) in [6.45, 7) is 2.68. The van der Waals surface area contributed by atoms with Crippen molar-refractivity contribution in [2.45, 2.75) is 45.4 Å². The lowest BCUT2D eigenvalue weighted by Gasteiger charge is -2.13. The molecule has 27 heavy (non-hydrogen) atoms. The Kier molecular flexibility index (Phi) is 6.59. The number of rotatable bonds is 9. The number of allylic oxidation sites excluding steroid dienone is 1. The lowest BCUT2D eigenvalue weighted by molar-refractivity contribution is 0.0652. The van der Waals surface area contributed by atoms with Crippen LogP contribution in [0.1, 0.15) is 70.9 Å². The summed E-state index contributed by atoms with van der Waals surface area (Å²) in [5, 5.41) is 0. The van der Waals surface area contributed by atoms with Crippen molar-refractivity contribution >= 4 is 17.9 Å². The first-order chi connectivity index (χ1) is 13.2. The topological polar surface area (TPSA) is 37.4 Å². The summed E-state index contributed by atoms with van der Waals surface area (Å²) in [6, 6.07) is 15.5. The molecule has 0 bridgehead atoms. The molecule has 2 aromatic carbocycles. The molecule has 0 N–H and O–H groups in total. The van der Waals surface area contributed by atoms with E-state index in [1.807, 2.05) is 0 Å². The van der Waals surface area contributed by atoms with E-state index in [-0.39, 0.29) is 11.8 Å². The monoisotopic (exact) mass is 361 g/mol. The average Bonchev–Trinajstić information content (AvgIpc) is 2.93. The van der Waals surface area contributed by atoms with Gasteiger partial charge in [-0.15, -0.1) is 0 Å². The largest absolute Gasteiger partial charge is 0.274 e. The van der Waals surface area contributed by atoms with Gasteiger partial charge in [-0.3, -0.25) is 14.5 Å². The Morgan fingerprint density at radius 1 is 0.889 bits per heavy atom. The second kappa shape index (κ2) is 9.31. The Bertz CT molecular complexity index is 803. The first-order valence-corrected chi connectivity index (χ1v) is 9.91. The van der Waals surface area contributed by atoms with Crippen molar-refractivity contribution < 1.29 is 9.59 Å². The summed E-state index contributed by atoms with van der Waals surface area (Å²) in [7, 11) is 0. The Hall–Kier alpha value is -2.68. The van der Waals surface area contributed by atoms with Gasteiger partial charge in [-0.25, -0.2) is 0 Å². The second-order valence-corrected chi connectivity index (χ2v) is 7.05. The second-order valence-electron chi connectivity index (χ2n) is 7.05. The Morgan fingerprint density at radius 3 is 2.33 bits per heavy atom. The summed E-state index contributed by atoms with van der Waals surface area (Å²) in [5.41, 5.74) is 3.50. The number of hydrogen-bond acceptors (Lipinski definition) is 2. The molecule has 0 atom stereocenters. The molecular weight excluding hydrogens is 334 g/mol. The van der Waals surface area contributed by atoms with Gasteiger partial charge in [0.15, 0.2) is 0 Å². The summed E-state index contributed by atoms with van der Waals surface area (Å²) in [6.07, 6.45) is 10.9. The molecule has 3 nitrogen and oxygen atoms in total. The van der Waals surface area contributed by atoms with Gasteiger partial charge in [0, 0.05) is 6.54 Å². The highest BCUT2D eigenvalue weighted by atomic mass is 16.2. The van der Waals surface area contributed by atoms with Crippen LogP contribution in [0.3, 0.4) is 0 Å². The zero-order chi connectivity index (χ0) is 19.1. The highest BCUT2D eigenvalue weighted by Crippen LogP contribution is 2.22. The molecule has 2 aromatic rings. The number of carbonyl (C=O) groups is 2. The Morgan fingerprint density at radius 2 is 1.63 bits per heavy atom. The van der Waals surface area contributed by atoms with Crippen LogP contribution in [0.4, 0.5) is 0 Å². The zero-order valence-electron chi connectivity index (χ0n) is 16.0. The molecule has 0 spiro atoms. The van der Waals surface area contributed by atoms with E-state index in [0.717, 1.165) is 19.3 Å². The first kappa shape index (κ1) is 19.1. The highest BCUT2D eigenvalue weighted by molar-refractivity contribution is 6.21. The molecule has 0 unspecified atom stereocenters. The maximum atomic E-state index is 12.4. The molecule has 0 radical (unpaired) electrons. The van der Waals surface area contributed by atoms with E-state index in [1.54, 1.807) is 24.3 Å². The van der Waals surface area contributed by atoms with Crippen LogP contribution < -0.4 is 0 Å². The minimum Gasteiger partial charge on any atom is -0.274 e. The Balaban J connectivity index is 1.52. The van der Waals surface area contributed by atoms with Crippen LogP contribution in [0, 0.1) is 0 Å². The van der Waals surface area contributed by atoms with Gasteiger partial charge in [-0.05, 0) is 48.9 Å². The lowest BCUT2D eigenvalue weighted by Crippen LogP contribution is -2.30. The van der Waals surface area contributed by atoms with E-state index in [9.17, 15) is 9.59 Å². The van der Waals surface area contributed by atoms with Gasteiger partial charge >= 0.3 is 0 Å². The van der Waals surface area contributed by atoms with Gasteiger partial charge in [0.05, 0.1) is 11.1 Å². The molecule has 2 amide bonds. The molecule has 1 aliphatic rings. The lowest BCUT2D eigenvalue weighted by atomic mass is 10.1. The average molecular weight is 361 g/mol. The van der Waals surface area contributed by atoms with Gasteiger partial charge in [0.25, 0.3) is 11.8 Å². The number of hydrogen-bond donors (Lipinski definition) is 0. The summed E-state index contributed by atoms with van der Waals surface area (Å²) < 4.78 is 0. The maximum absolute atomic E-state index is 12.4. The summed E-state index contributed by atoms with van der Waals surface area (Å²) >= 11 is 0. The number of unbranched alkanes of at least 4 members (excludes halogenated alkanes) is 3. The number of fused-ring (bicyclic) bond motifs is 1. The number of imide groups is 1.